The molecule has 6 heteroatoms. The summed E-state index contributed by atoms with van der Waals surface area (Å²) in [6, 6.07) is 4.91. The van der Waals surface area contributed by atoms with Crippen molar-refractivity contribution in [3.05, 3.63) is 34.9 Å². The van der Waals surface area contributed by atoms with Crippen molar-refractivity contribution in [1.82, 2.24) is 0 Å². The largest absolute Gasteiger partial charge is 0.478 e. The van der Waals surface area contributed by atoms with Crippen molar-refractivity contribution in [3.63, 3.8) is 0 Å². The van der Waals surface area contributed by atoms with Crippen molar-refractivity contribution in [3.8, 4) is 0 Å². The summed E-state index contributed by atoms with van der Waals surface area (Å²) in [6.45, 7) is 0.734. The summed E-state index contributed by atoms with van der Waals surface area (Å²) in [5.74, 6) is -1.36. The van der Waals surface area contributed by atoms with Crippen molar-refractivity contribution in [2.75, 3.05) is 11.4 Å². The molecule has 1 heterocycles. The van der Waals surface area contributed by atoms with Crippen LogP contribution < -0.4 is 10.6 Å². The highest BCUT2D eigenvalue weighted by molar-refractivity contribution is 6.33. The Hall–Kier alpha value is -2.01. The van der Waals surface area contributed by atoms with Crippen LogP contribution >= 0.6 is 11.6 Å². The van der Waals surface area contributed by atoms with Gasteiger partial charge >= 0.3 is 5.97 Å². The van der Waals surface area contributed by atoms with E-state index in [1.807, 2.05) is 4.90 Å². The van der Waals surface area contributed by atoms with E-state index in [-0.39, 0.29) is 11.9 Å². The molecule has 3 N–H and O–H groups in total. The molecule has 1 saturated heterocycles. The zero-order valence-corrected chi connectivity index (χ0v) is 12.2. The molecule has 0 bridgehead atoms. The fourth-order valence-corrected chi connectivity index (χ4v) is 2.84. The molecule has 0 aromatic heterocycles. The number of aliphatic carboxylic acids is 1. The summed E-state index contributed by atoms with van der Waals surface area (Å²) < 4.78 is 0. The third-order valence-electron chi connectivity index (χ3n) is 3.53. The van der Waals surface area contributed by atoms with Gasteiger partial charge in [-0.25, -0.2) is 4.79 Å². The molecule has 1 fully saturated rings. The van der Waals surface area contributed by atoms with Crippen molar-refractivity contribution >= 4 is 35.2 Å². The summed E-state index contributed by atoms with van der Waals surface area (Å²) in [4.78, 5) is 24.0. The number of nitrogens with two attached hydrogens (primary N) is 1. The Kier molecular flexibility index (Phi) is 4.85. The summed E-state index contributed by atoms with van der Waals surface area (Å²) in [5, 5.41) is 9.10. The van der Waals surface area contributed by atoms with Gasteiger partial charge in [0.15, 0.2) is 0 Å². The number of carbonyl (C=O) groups excluding carboxylic acids is 1. The van der Waals surface area contributed by atoms with E-state index in [2.05, 4.69) is 0 Å². The molecule has 0 saturated carbocycles. The average molecular weight is 309 g/mol. The smallest absolute Gasteiger partial charge is 0.328 e. The summed E-state index contributed by atoms with van der Waals surface area (Å²) in [6.07, 6.45) is 5.21. The number of hydrogen-bond acceptors (Lipinski definition) is 3. The van der Waals surface area contributed by atoms with Crippen LogP contribution in [0.15, 0.2) is 24.3 Å². The van der Waals surface area contributed by atoms with Crippen LogP contribution in [0.2, 0.25) is 5.02 Å². The van der Waals surface area contributed by atoms with Gasteiger partial charge in [-0.15, -0.1) is 0 Å². The molecule has 0 spiro atoms. The van der Waals surface area contributed by atoms with E-state index < -0.39 is 5.97 Å². The van der Waals surface area contributed by atoms with E-state index in [0.29, 0.717) is 10.6 Å². The number of anilines is 1. The molecule has 0 radical (unpaired) electrons. The first kappa shape index (κ1) is 15.4. The van der Waals surface area contributed by atoms with Crippen molar-refractivity contribution in [2.24, 2.45) is 5.73 Å². The van der Waals surface area contributed by atoms with Crippen LogP contribution in [0.3, 0.4) is 0 Å². The Bertz CT molecular complexity index is 586. The maximum atomic E-state index is 11.6. The number of primary amides is 1. The number of nitrogens with zero attached hydrogens (tertiary/aromatic N) is 1. The SMILES string of the molecule is NC(=O)C1CCCCN1c1ccc(/C=C/C(=O)O)cc1Cl. The number of piperidine rings is 1. The summed E-state index contributed by atoms with van der Waals surface area (Å²) >= 11 is 6.27. The first-order chi connectivity index (χ1) is 9.99. The van der Waals surface area contributed by atoms with E-state index >= 15 is 0 Å². The lowest BCUT2D eigenvalue weighted by atomic mass is 10.0. The first-order valence-electron chi connectivity index (χ1n) is 6.75. The van der Waals surface area contributed by atoms with Crippen LogP contribution in [0.1, 0.15) is 24.8 Å². The van der Waals surface area contributed by atoms with Crippen molar-refractivity contribution in [1.29, 1.82) is 0 Å². The van der Waals surface area contributed by atoms with E-state index in [1.165, 1.54) is 6.08 Å². The van der Waals surface area contributed by atoms with Crippen LogP contribution in [0.5, 0.6) is 0 Å². The molecule has 1 atom stereocenters. The molecule has 1 aromatic carbocycles. The van der Waals surface area contributed by atoms with E-state index in [4.69, 9.17) is 22.4 Å². The van der Waals surface area contributed by atoms with Crippen molar-refractivity contribution in [2.45, 2.75) is 25.3 Å². The summed E-state index contributed by atoms with van der Waals surface area (Å²) in [7, 11) is 0. The third-order valence-corrected chi connectivity index (χ3v) is 3.83. The van der Waals surface area contributed by atoms with E-state index in [9.17, 15) is 9.59 Å². The summed E-state index contributed by atoms with van der Waals surface area (Å²) in [5.41, 5.74) is 6.91. The fourth-order valence-electron chi connectivity index (χ4n) is 2.54. The van der Waals surface area contributed by atoms with Crippen LogP contribution in [0.4, 0.5) is 5.69 Å². The fraction of sp³-hybridized carbons (Fsp3) is 0.333. The number of rotatable bonds is 4. The molecule has 112 valence electrons. The maximum absolute atomic E-state index is 11.6. The van der Waals surface area contributed by atoms with Crippen LogP contribution in [0.25, 0.3) is 6.08 Å². The highest BCUT2D eigenvalue weighted by Crippen LogP contribution is 2.32. The zero-order chi connectivity index (χ0) is 15.4. The van der Waals surface area contributed by atoms with E-state index in [0.717, 1.165) is 37.6 Å². The number of benzene rings is 1. The van der Waals surface area contributed by atoms with E-state index in [1.54, 1.807) is 18.2 Å². The maximum Gasteiger partial charge on any atom is 0.328 e. The van der Waals surface area contributed by atoms with Gasteiger partial charge in [0, 0.05) is 12.6 Å². The molecule has 21 heavy (non-hydrogen) atoms. The van der Waals surface area contributed by atoms with Gasteiger partial charge in [-0.05, 0) is 43.0 Å². The molecule has 1 aromatic rings. The normalized spacial score (nSPS) is 18.9. The Morgan fingerprint density at radius 1 is 1.38 bits per heavy atom. The van der Waals surface area contributed by atoms with Gasteiger partial charge < -0.3 is 15.7 Å². The van der Waals surface area contributed by atoms with Gasteiger partial charge in [0.05, 0.1) is 10.7 Å². The predicted molar refractivity (Wildman–Crippen MR) is 82.3 cm³/mol. The number of hydrogen-bond donors (Lipinski definition) is 2. The predicted octanol–water partition coefficient (Wildman–Crippen LogP) is 2.28. The Morgan fingerprint density at radius 3 is 2.76 bits per heavy atom. The topological polar surface area (TPSA) is 83.6 Å². The van der Waals surface area contributed by atoms with Gasteiger partial charge in [-0.3, -0.25) is 4.79 Å². The third kappa shape index (κ3) is 3.76. The lowest BCUT2D eigenvalue weighted by Gasteiger charge is -2.36. The minimum atomic E-state index is -1.01. The van der Waals surface area contributed by atoms with Gasteiger partial charge in [-0.2, -0.15) is 0 Å². The number of amides is 1. The second-order valence-electron chi connectivity index (χ2n) is 4.99. The molecular formula is C15H17ClN2O3. The highest BCUT2D eigenvalue weighted by Gasteiger charge is 2.28. The van der Waals surface area contributed by atoms with Gasteiger partial charge in [0.2, 0.25) is 5.91 Å². The van der Waals surface area contributed by atoms with Crippen LogP contribution in [-0.2, 0) is 9.59 Å². The molecule has 1 unspecified atom stereocenters. The molecule has 1 amide bonds. The molecule has 2 rings (SSSR count). The second kappa shape index (κ2) is 6.63. The minimum absolute atomic E-state index is 0.336. The quantitative estimate of drug-likeness (QED) is 0.836. The monoisotopic (exact) mass is 308 g/mol. The number of carboxylic acid groups (broad SMARTS) is 1. The molecule has 1 aliphatic heterocycles. The van der Waals surface area contributed by atoms with Crippen LogP contribution in [-0.4, -0.2) is 29.6 Å². The number of halogens is 1. The number of carboxylic acids is 1. The minimum Gasteiger partial charge on any atom is -0.478 e. The number of carbonyl (C=O) groups is 2. The lowest BCUT2D eigenvalue weighted by molar-refractivity contribution is -0.131. The van der Waals surface area contributed by atoms with Crippen molar-refractivity contribution < 1.29 is 14.7 Å². The zero-order valence-electron chi connectivity index (χ0n) is 11.5. The average Bonchev–Trinajstić information content (AvgIpc) is 2.45. The molecular weight excluding hydrogens is 292 g/mol. The second-order valence-corrected chi connectivity index (χ2v) is 5.40. The highest BCUT2D eigenvalue weighted by atomic mass is 35.5. The van der Waals surface area contributed by atoms with Gasteiger partial charge in [-0.1, -0.05) is 17.7 Å². The molecule has 5 nitrogen and oxygen atoms in total. The van der Waals surface area contributed by atoms with Gasteiger partial charge in [0.25, 0.3) is 0 Å². The van der Waals surface area contributed by atoms with Crippen LogP contribution in [0, 0.1) is 0 Å². The Balaban J connectivity index is 2.27. The molecule has 1 aliphatic rings. The molecule has 0 aliphatic carbocycles. The van der Waals surface area contributed by atoms with Gasteiger partial charge in [0.1, 0.15) is 6.04 Å². The first-order valence-corrected chi connectivity index (χ1v) is 7.13. The Morgan fingerprint density at radius 2 is 2.14 bits per heavy atom. The Labute approximate surface area is 128 Å². The standard InChI is InChI=1S/C15H17ClN2O3/c16-11-9-10(5-7-14(19)20)4-6-12(11)18-8-2-1-3-13(18)15(17)21/h4-7,9,13H,1-3,8H2,(H2,17,21)(H,19,20)/b7-5+. The lowest BCUT2D eigenvalue weighted by Crippen LogP contribution is -2.48.